The summed E-state index contributed by atoms with van der Waals surface area (Å²) in [6.07, 6.45) is 5.45. The molecule has 1 amide bonds. The van der Waals surface area contributed by atoms with Gasteiger partial charge in [-0.2, -0.15) is 0 Å². The molecule has 5 nitrogen and oxygen atoms in total. The summed E-state index contributed by atoms with van der Waals surface area (Å²) in [6, 6.07) is 11.5. The van der Waals surface area contributed by atoms with E-state index in [9.17, 15) is 13.2 Å². The molecule has 3 rings (SSSR count). The lowest BCUT2D eigenvalue weighted by Gasteiger charge is -2.22. The molecule has 0 bridgehead atoms. The standard InChI is InChI=1S/C19H23NO4S/c21-19(20-17-9-4-10-18-16(17)11-12-24-18)14-25(22,23)13-5-8-15-6-2-1-3-7-15/h1-3,6-7,11-12,17H,4-5,8-10,13-14H2,(H,20,21). The van der Waals surface area contributed by atoms with Crippen molar-refractivity contribution in [1.82, 2.24) is 5.32 Å². The third-order valence-corrected chi connectivity index (χ3v) is 6.11. The summed E-state index contributed by atoms with van der Waals surface area (Å²) in [5.74, 6) is 0.0311. The van der Waals surface area contributed by atoms with Crippen LogP contribution in [-0.4, -0.2) is 25.8 Å². The number of hydrogen-bond acceptors (Lipinski definition) is 4. The molecule has 0 aliphatic heterocycles. The molecule has 1 atom stereocenters. The van der Waals surface area contributed by atoms with E-state index in [0.717, 1.165) is 36.1 Å². The van der Waals surface area contributed by atoms with Gasteiger partial charge in [0.2, 0.25) is 5.91 Å². The third-order valence-electron chi connectivity index (χ3n) is 4.50. The lowest BCUT2D eigenvalue weighted by Crippen LogP contribution is -2.35. The minimum atomic E-state index is -3.40. The van der Waals surface area contributed by atoms with Crippen molar-refractivity contribution in [3.8, 4) is 0 Å². The van der Waals surface area contributed by atoms with Crippen molar-refractivity contribution in [3.63, 3.8) is 0 Å². The first-order valence-electron chi connectivity index (χ1n) is 8.63. The highest BCUT2D eigenvalue weighted by molar-refractivity contribution is 7.92. The van der Waals surface area contributed by atoms with Gasteiger partial charge in [-0.3, -0.25) is 4.79 Å². The van der Waals surface area contributed by atoms with Crippen LogP contribution in [0.4, 0.5) is 0 Å². The van der Waals surface area contributed by atoms with Gasteiger partial charge in [0.05, 0.1) is 18.1 Å². The summed E-state index contributed by atoms with van der Waals surface area (Å²) in [5.41, 5.74) is 2.08. The first-order valence-corrected chi connectivity index (χ1v) is 10.5. The van der Waals surface area contributed by atoms with Crippen LogP contribution in [0, 0.1) is 0 Å². The molecule has 2 aromatic rings. The Kier molecular flexibility index (Phi) is 5.58. The van der Waals surface area contributed by atoms with Gasteiger partial charge in [-0.05, 0) is 37.3 Å². The molecule has 0 spiro atoms. The molecule has 6 heteroatoms. The van der Waals surface area contributed by atoms with E-state index in [4.69, 9.17) is 4.42 Å². The van der Waals surface area contributed by atoms with Gasteiger partial charge in [-0.25, -0.2) is 8.42 Å². The van der Waals surface area contributed by atoms with Gasteiger partial charge in [0.25, 0.3) is 0 Å². The van der Waals surface area contributed by atoms with E-state index in [0.29, 0.717) is 12.8 Å². The minimum Gasteiger partial charge on any atom is -0.469 e. The van der Waals surface area contributed by atoms with Crippen molar-refractivity contribution in [2.75, 3.05) is 11.5 Å². The number of hydrogen-bond donors (Lipinski definition) is 1. The zero-order chi connectivity index (χ0) is 17.7. The van der Waals surface area contributed by atoms with Crippen LogP contribution in [0.15, 0.2) is 47.1 Å². The van der Waals surface area contributed by atoms with E-state index < -0.39 is 21.5 Å². The Bertz CT molecular complexity index is 811. The molecule has 1 aromatic heterocycles. The number of rotatable bonds is 7. The maximum Gasteiger partial charge on any atom is 0.235 e. The number of carbonyl (C=O) groups is 1. The van der Waals surface area contributed by atoms with Crippen LogP contribution >= 0.6 is 0 Å². The lowest BCUT2D eigenvalue weighted by molar-refractivity contribution is -0.119. The summed E-state index contributed by atoms with van der Waals surface area (Å²) < 4.78 is 29.8. The van der Waals surface area contributed by atoms with Crippen molar-refractivity contribution < 1.29 is 17.6 Å². The Morgan fingerprint density at radius 1 is 1.20 bits per heavy atom. The fourth-order valence-electron chi connectivity index (χ4n) is 3.29. The Hall–Kier alpha value is -2.08. The molecule has 1 unspecified atom stereocenters. The van der Waals surface area contributed by atoms with Crippen molar-refractivity contribution in [2.24, 2.45) is 0 Å². The molecule has 25 heavy (non-hydrogen) atoms. The Labute approximate surface area is 148 Å². The first-order chi connectivity index (χ1) is 12.0. The van der Waals surface area contributed by atoms with Crippen LogP contribution in [0.1, 0.15) is 42.2 Å². The number of benzene rings is 1. The van der Waals surface area contributed by atoms with Crippen LogP contribution in [-0.2, 0) is 27.5 Å². The van der Waals surface area contributed by atoms with E-state index >= 15 is 0 Å². The average molecular weight is 361 g/mol. The lowest BCUT2D eigenvalue weighted by atomic mass is 9.93. The number of aryl methyl sites for hydroxylation is 2. The maximum absolute atomic E-state index is 12.2. The van der Waals surface area contributed by atoms with Crippen LogP contribution in [0.5, 0.6) is 0 Å². The van der Waals surface area contributed by atoms with Crippen LogP contribution in [0.3, 0.4) is 0 Å². The number of amides is 1. The molecule has 1 aromatic carbocycles. The topological polar surface area (TPSA) is 76.4 Å². The monoisotopic (exact) mass is 361 g/mol. The quantitative estimate of drug-likeness (QED) is 0.823. The van der Waals surface area contributed by atoms with Crippen LogP contribution in [0.25, 0.3) is 0 Å². The van der Waals surface area contributed by atoms with Crippen molar-refractivity contribution in [2.45, 2.75) is 38.1 Å². The van der Waals surface area contributed by atoms with Gasteiger partial charge in [0, 0.05) is 12.0 Å². The molecule has 1 aliphatic carbocycles. The van der Waals surface area contributed by atoms with Gasteiger partial charge >= 0.3 is 0 Å². The second kappa shape index (κ2) is 7.87. The Balaban J connectivity index is 1.49. The summed E-state index contributed by atoms with van der Waals surface area (Å²) in [7, 11) is -3.40. The second-order valence-electron chi connectivity index (χ2n) is 6.49. The molecule has 134 valence electrons. The van der Waals surface area contributed by atoms with E-state index in [2.05, 4.69) is 5.32 Å². The number of nitrogens with one attached hydrogen (secondary N) is 1. The smallest absolute Gasteiger partial charge is 0.235 e. The Morgan fingerprint density at radius 3 is 2.80 bits per heavy atom. The molecule has 1 N–H and O–H groups in total. The fraction of sp³-hybridized carbons (Fsp3) is 0.421. The van der Waals surface area contributed by atoms with E-state index in [-0.39, 0.29) is 11.8 Å². The third kappa shape index (κ3) is 4.95. The highest BCUT2D eigenvalue weighted by Gasteiger charge is 2.25. The van der Waals surface area contributed by atoms with E-state index in [1.54, 1.807) is 6.26 Å². The molecule has 0 fully saturated rings. The van der Waals surface area contributed by atoms with Gasteiger partial charge in [0.15, 0.2) is 9.84 Å². The predicted molar refractivity (Wildman–Crippen MR) is 95.9 cm³/mol. The fourth-order valence-corrected chi connectivity index (χ4v) is 4.50. The van der Waals surface area contributed by atoms with Crippen LogP contribution in [0.2, 0.25) is 0 Å². The van der Waals surface area contributed by atoms with E-state index in [1.165, 1.54) is 0 Å². The number of sulfone groups is 1. The molecule has 0 saturated heterocycles. The van der Waals surface area contributed by atoms with Gasteiger partial charge in [-0.15, -0.1) is 0 Å². The summed E-state index contributed by atoms with van der Waals surface area (Å²) in [6.45, 7) is 0. The largest absolute Gasteiger partial charge is 0.469 e. The zero-order valence-corrected chi connectivity index (χ0v) is 14.9. The molecular formula is C19H23NO4S. The molecular weight excluding hydrogens is 338 g/mol. The predicted octanol–water partition coefficient (Wildman–Crippen LogP) is 2.82. The van der Waals surface area contributed by atoms with Crippen LogP contribution < -0.4 is 5.32 Å². The summed E-state index contributed by atoms with van der Waals surface area (Å²) in [4.78, 5) is 12.2. The Morgan fingerprint density at radius 2 is 2.00 bits per heavy atom. The summed E-state index contributed by atoms with van der Waals surface area (Å²) in [5, 5.41) is 2.85. The normalized spacial score (nSPS) is 17.0. The number of carbonyl (C=O) groups excluding carboxylic acids is 1. The molecule has 1 heterocycles. The van der Waals surface area contributed by atoms with Gasteiger partial charge in [0.1, 0.15) is 11.5 Å². The second-order valence-corrected chi connectivity index (χ2v) is 8.68. The molecule has 0 radical (unpaired) electrons. The van der Waals surface area contributed by atoms with Crippen molar-refractivity contribution in [1.29, 1.82) is 0 Å². The molecule has 0 saturated carbocycles. The first kappa shape index (κ1) is 17.7. The average Bonchev–Trinajstić information content (AvgIpc) is 3.05. The maximum atomic E-state index is 12.2. The zero-order valence-electron chi connectivity index (χ0n) is 14.1. The SMILES string of the molecule is O=C(CS(=O)(=O)CCCc1ccccc1)NC1CCCc2occc21. The number of furan rings is 1. The highest BCUT2D eigenvalue weighted by atomic mass is 32.2. The minimum absolute atomic E-state index is 0.0247. The number of fused-ring (bicyclic) bond motifs is 1. The highest BCUT2D eigenvalue weighted by Crippen LogP contribution is 2.30. The molecule has 1 aliphatic rings. The van der Waals surface area contributed by atoms with E-state index in [1.807, 2.05) is 36.4 Å². The van der Waals surface area contributed by atoms with Gasteiger partial charge in [-0.1, -0.05) is 30.3 Å². The van der Waals surface area contributed by atoms with Gasteiger partial charge < -0.3 is 9.73 Å². The van der Waals surface area contributed by atoms with Crippen molar-refractivity contribution >= 4 is 15.7 Å². The summed E-state index contributed by atoms with van der Waals surface area (Å²) >= 11 is 0. The van der Waals surface area contributed by atoms with Crippen molar-refractivity contribution in [3.05, 3.63) is 59.5 Å².